The maximum Gasteiger partial charge on any atom is 0.237 e. The number of rotatable bonds is 5. The molecule has 130 valence electrons. The van der Waals surface area contributed by atoms with Gasteiger partial charge in [-0.15, -0.1) is 0 Å². The fraction of sp³-hybridized carbons (Fsp3) is 0.158. The molecule has 0 aliphatic rings. The monoisotopic (exact) mass is 364 g/mol. The molecule has 6 nitrogen and oxygen atoms in total. The molecule has 1 aromatic carbocycles. The number of hydrogen-bond donors (Lipinski definition) is 1. The summed E-state index contributed by atoms with van der Waals surface area (Å²) < 4.78 is 5.45. The normalized spacial score (nSPS) is 10.3. The van der Waals surface area contributed by atoms with Crippen molar-refractivity contribution in [2.24, 2.45) is 0 Å². The Balaban J connectivity index is 1.65. The number of nitrogens with one attached hydrogen (secondary N) is 1. The van der Waals surface area contributed by atoms with Crippen LogP contribution in [0.4, 0.5) is 5.88 Å². The number of carbonyl (C=O) groups excluding carboxylic acids is 1. The summed E-state index contributed by atoms with van der Waals surface area (Å²) in [4.78, 5) is 20.6. The number of furan rings is 1. The van der Waals surface area contributed by atoms with E-state index in [2.05, 4.69) is 21.4 Å². The standard InChI is InChI=1S/C19H16N4O2S/c1-12-13(2)25-19(15(12)9-20)23-17(24)10-26-18-8-16(21-11-22-18)14-6-4-3-5-7-14/h3-8,11H,10H2,1-2H3,(H,23,24). The summed E-state index contributed by atoms with van der Waals surface area (Å²) in [5.74, 6) is 0.697. The molecule has 2 heterocycles. The largest absolute Gasteiger partial charge is 0.444 e. The van der Waals surface area contributed by atoms with E-state index in [4.69, 9.17) is 4.42 Å². The number of aromatic nitrogens is 2. The van der Waals surface area contributed by atoms with Crippen molar-refractivity contribution in [3.05, 3.63) is 59.6 Å². The SMILES string of the molecule is Cc1oc(NC(=O)CSc2cc(-c3ccccc3)ncn2)c(C#N)c1C. The van der Waals surface area contributed by atoms with Crippen LogP contribution in [0.25, 0.3) is 11.3 Å². The summed E-state index contributed by atoms with van der Waals surface area (Å²) >= 11 is 1.29. The lowest BCUT2D eigenvalue weighted by atomic mass is 10.1. The van der Waals surface area contributed by atoms with Gasteiger partial charge in [-0.3, -0.25) is 10.1 Å². The number of nitriles is 1. The summed E-state index contributed by atoms with van der Waals surface area (Å²) in [6.45, 7) is 3.54. The van der Waals surface area contributed by atoms with Gasteiger partial charge in [-0.05, 0) is 19.9 Å². The molecule has 1 amide bonds. The summed E-state index contributed by atoms with van der Waals surface area (Å²) in [5, 5.41) is 12.5. The van der Waals surface area contributed by atoms with Gasteiger partial charge < -0.3 is 4.42 Å². The molecule has 0 radical (unpaired) electrons. The Kier molecular flexibility index (Phi) is 5.34. The van der Waals surface area contributed by atoms with Gasteiger partial charge in [0, 0.05) is 11.1 Å². The van der Waals surface area contributed by atoms with Crippen LogP contribution in [0.15, 0.2) is 52.2 Å². The van der Waals surface area contributed by atoms with Gasteiger partial charge in [-0.1, -0.05) is 42.1 Å². The van der Waals surface area contributed by atoms with Gasteiger partial charge in [0.05, 0.1) is 11.4 Å². The molecule has 0 spiro atoms. The minimum Gasteiger partial charge on any atom is -0.444 e. The van der Waals surface area contributed by atoms with Crippen LogP contribution in [-0.2, 0) is 4.79 Å². The molecule has 0 unspecified atom stereocenters. The second-order valence-corrected chi connectivity index (χ2v) is 6.54. The van der Waals surface area contributed by atoms with E-state index in [0.29, 0.717) is 16.3 Å². The molecule has 26 heavy (non-hydrogen) atoms. The maximum absolute atomic E-state index is 12.2. The Hall–Kier alpha value is -3.11. The molecule has 0 fully saturated rings. The first-order valence-electron chi connectivity index (χ1n) is 7.88. The van der Waals surface area contributed by atoms with Crippen LogP contribution in [0.2, 0.25) is 0 Å². The van der Waals surface area contributed by atoms with E-state index >= 15 is 0 Å². The summed E-state index contributed by atoms with van der Waals surface area (Å²) in [6, 6.07) is 13.7. The summed E-state index contributed by atoms with van der Waals surface area (Å²) in [5.41, 5.74) is 2.88. The molecule has 2 aromatic heterocycles. The Labute approximate surface area is 155 Å². The van der Waals surface area contributed by atoms with Crippen LogP contribution in [0.5, 0.6) is 0 Å². The molecule has 3 rings (SSSR count). The van der Waals surface area contributed by atoms with Crippen molar-refractivity contribution in [3.63, 3.8) is 0 Å². The predicted octanol–water partition coefficient (Wildman–Crippen LogP) is 3.96. The fourth-order valence-electron chi connectivity index (χ4n) is 2.34. The number of aryl methyl sites for hydroxylation is 1. The highest BCUT2D eigenvalue weighted by molar-refractivity contribution is 7.99. The lowest BCUT2D eigenvalue weighted by Crippen LogP contribution is -2.14. The van der Waals surface area contributed by atoms with E-state index in [1.54, 1.807) is 13.8 Å². The van der Waals surface area contributed by atoms with Gasteiger partial charge in [0.2, 0.25) is 11.8 Å². The Bertz CT molecular complexity index is 977. The number of carbonyl (C=O) groups is 1. The van der Waals surface area contributed by atoms with Gasteiger partial charge in [0.15, 0.2) is 0 Å². The van der Waals surface area contributed by atoms with Crippen LogP contribution < -0.4 is 5.32 Å². The quantitative estimate of drug-likeness (QED) is 0.544. The number of nitrogens with zero attached hydrogens (tertiary/aromatic N) is 3. The molecule has 7 heteroatoms. The third-order valence-electron chi connectivity index (χ3n) is 3.81. The molecule has 1 N–H and O–H groups in total. The molecule has 0 aliphatic heterocycles. The zero-order chi connectivity index (χ0) is 18.5. The number of amides is 1. The number of anilines is 1. The average Bonchev–Trinajstić information content (AvgIpc) is 2.94. The van der Waals surface area contributed by atoms with Crippen molar-refractivity contribution < 1.29 is 9.21 Å². The Morgan fingerprint density at radius 3 is 2.77 bits per heavy atom. The molecule has 0 saturated carbocycles. The fourth-order valence-corrected chi connectivity index (χ4v) is 3.00. The van der Waals surface area contributed by atoms with Gasteiger partial charge in [0.1, 0.15) is 28.7 Å². The van der Waals surface area contributed by atoms with E-state index in [-0.39, 0.29) is 17.5 Å². The van der Waals surface area contributed by atoms with E-state index in [0.717, 1.165) is 16.8 Å². The van der Waals surface area contributed by atoms with Crippen molar-refractivity contribution >= 4 is 23.6 Å². The molecule has 0 aliphatic carbocycles. The molecule has 0 saturated heterocycles. The van der Waals surface area contributed by atoms with Crippen LogP contribution in [0.1, 0.15) is 16.9 Å². The van der Waals surface area contributed by atoms with Crippen LogP contribution >= 0.6 is 11.8 Å². The zero-order valence-corrected chi connectivity index (χ0v) is 15.1. The van der Waals surface area contributed by atoms with E-state index in [1.165, 1.54) is 18.1 Å². The number of thioether (sulfide) groups is 1. The summed E-state index contributed by atoms with van der Waals surface area (Å²) in [6.07, 6.45) is 1.48. The number of benzene rings is 1. The molecule has 0 bridgehead atoms. The Morgan fingerprint density at radius 1 is 1.27 bits per heavy atom. The molecule has 3 aromatic rings. The Morgan fingerprint density at radius 2 is 2.04 bits per heavy atom. The van der Waals surface area contributed by atoms with Crippen molar-refractivity contribution in [3.8, 4) is 17.3 Å². The van der Waals surface area contributed by atoms with Gasteiger partial charge in [-0.25, -0.2) is 9.97 Å². The van der Waals surface area contributed by atoms with Crippen molar-refractivity contribution in [2.45, 2.75) is 18.9 Å². The first-order chi connectivity index (χ1) is 12.6. The van der Waals surface area contributed by atoms with Crippen molar-refractivity contribution in [1.29, 1.82) is 5.26 Å². The minimum absolute atomic E-state index is 0.148. The maximum atomic E-state index is 12.2. The smallest absolute Gasteiger partial charge is 0.237 e. The third-order valence-corrected chi connectivity index (χ3v) is 4.74. The predicted molar refractivity (Wildman–Crippen MR) is 99.7 cm³/mol. The lowest BCUT2D eigenvalue weighted by molar-refractivity contribution is -0.113. The minimum atomic E-state index is -0.264. The molecule has 0 atom stereocenters. The first kappa shape index (κ1) is 17.7. The molecular formula is C19H16N4O2S. The second-order valence-electron chi connectivity index (χ2n) is 5.54. The summed E-state index contributed by atoms with van der Waals surface area (Å²) in [7, 11) is 0. The highest BCUT2D eigenvalue weighted by Crippen LogP contribution is 2.26. The zero-order valence-electron chi connectivity index (χ0n) is 14.3. The lowest BCUT2D eigenvalue weighted by Gasteiger charge is -2.04. The van der Waals surface area contributed by atoms with Crippen LogP contribution in [0.3, 0.4) is 0 Å². The molecular weight excluding hydrogens is 348 g/mol. The topological polar surface area (TPSA) is 91.8 Å². The second kappa shape index (κ2) is 7.85. The highest BCUT2D eigenvalue weighted by Gasteiger charge is 2.16. The third kappa shape index (κ3) is 3.92. The van der Waals surface area contributed by atoms with Gasteiger partial charge in [0.25, 0.3) is 0 Å². The van der Waals surface area contributed by atoms with Crippen LogP contribution in [0, 0.1) is 25.2 Å². The van der Waals surface area contributed by atoms with Gasteiger partial charge in [-0.2, -0.15) is 5.26 Å². The van der Waals surface area contributed by atoms with Crippen molar-refractivity contribution in [2.75, 3.05) is 11.1 Å². The van der Waals surface area contributed by atoms with Crippen molar-refractivity contribution in [1.82, 2.24) is 9.97 Å². The average molecular weight is 364 g/mol. The van der Waals surface area contributed by atoms with E-state index in [9.17, 15) is 10.1 Å². The highest BCUT2D eigenvalue weighted by atomic mass is 32.2. The first-order valence-corrected chi connectivity index (χ1v) is 8.87. The van der Waals surface area contributed by atoms with E-state index < -0.39 is 0 Å². The van der Waals surface area contributed by atoms with E-state index in [1.807, 2.05) is 36.4 Å². The van der Waals surface area contributed by atoms with Gasteiger partial charge >= 0.3 is 0 Å². The number of hydrogen-bond acceptors (Lipinski definition) is 6. The van der Waals surface area contributed by atoms with Crippen LogP contribution in [-0.4, -0.2) is 21.6 Å².